The number of nitrogens with zero attached hydrogens (tertiary/aromatic N) is 7. The smallest absolute Gasteiger partial charge is 0.410 e. The lowest BCUT2D eigenvalue weighted by Gasteiger charge is -2.27. The van der Waals surface area contributed by atoms with Crippen molar-refractivity contribution in [3.63, 3.8) is 0 Å². The summed E-state index contributed by atoms with van der Waals surface area (Å²) in [7, 11) is 0. The number of carbonyl (C=O) groups excluding carboxylic acids is 1. The molecule has 17 nitrogen and oxygen atoms in total. The molecule has 0 spiro atoms. The van der Waals surface area contributed by atoms with Crippen molar-refractivity contribution in [3.8, 4) is 79.4 Å². The van der Waals surface area contributed by atoms with Gasteiger partial charge in [-0.15, -0.1) is 0 Å². The zero-order valence-electron chi connectivity index (χ0n) is 44.7. The van der Waals surface area contributed by atoms with Gasteiger partial charge in [0.2, 0.25) is 0 Å². The summed E-state index contributed by atoms with van der Waals surface area (Å²) < 4.78 is 23.0. The Labute approximate surface area is 456 Å². The van der Waals surface area contributed by atoms with Crippen LogP contribution in [-0.2, 0) is 4.74 Å². The van der Waals surface area contributed by atoms with Gasteiger partial charge in [0, 0.05) is 57.9 Å². The summed E-state index contributed by atoms with van der Waals surface area (Å²) in [6, 6.07) is 25.9. The van der Waals surface area contributed by atoms with Crippen molar-refractivity contribution in [1.82, 2.24) is 64.5 Å². The monoisotopic (exact) mass is 1050 g/mol. The molecule has 6 aliphatic rings. The number of H-pyrrole nitrogens is 4. The van der Waals surface area contributed by atoms with Crippen LogP contribution in [-0.4, -0.2) is 85.2 Å². The van der Waals surface area contributed by atoms with E-state index in [0.29, 0.717) is 24.5 Å². The Morgan fingerprint density at radius 3 is 1.59 bits per heavy atom. The van der Waals surface area contributed by atoms with Crippen LogP contribution >= 0.6 is 0 Å². The third-order valence-corrected chi connectivity index (χ3v) is 16.8. The number of ether oxygens (including phenoxy) is 3. The summed E-state index contributed by atoms with van der Waals surface area (Å²) in [4.78, 5) is 47.6. The number of hydrogen-bond acceptors (Lipinski definition) is 10. The predicted octanol–water partition coefficient (Wildman–Crippen LogP) is 13.6. The van der Waals surface area contributed by atoms with Crippen LogP contribution in [0.15, 0.2) is 110 Å². The van der Waals surface area contributed by atoms with Crippen LogP contribution in [0.25, 0.3) is 78.2 Å². The third-order valence-electron chi connectivity index (χ3n) is 16.8. The number of carbonyl (C=O) groups is 1. The van der Waals surface area contributed by atoms with Gasteiger partial charge in [0.1, 0.15) is 28.9 Å². The number of benzene rings is 4. The van der Waals surface area contributed by atoms with E-state index in [2.05, 4.69) is 129 Å². The zero-order chi connectivity index (χ0) is 52.9. The first-order valence-electron chi connectivity index (χ1n) is 28.2. The van der Waals surface area contributed by atoms with E-state index >= 15 is 0 Å². The number of imidazole rings is 4. The normalized spacial score (nSPS) is 19.4. The third kappa shape index (κ3) is 8.48. The van der Waals surface area contributed by atoms with Gasteiger partial charge in [0.05, 0.1) is 88.1 Å². The van der Waals surface area contributed by atoms with Crippen molar-refractivity contribution in [2.24, 2.45) is 0 Å². The maximum atomic E-state index is 12.9. The van der Waals surface area contributed by atoms with Crippen LogP contribution in [0, 0.1) is 0 Å². The van der Waals surface area contributed by atoms with E-state index in [1.807, 2.05) is 51.6 Å². The van der Waals surface area contributed by atoms with Crippen molar-refractivity contribution >= 4 is 27.9 Å². The summed E-state index contributed by atoms with van der Waals surface area (Å²) in [5.74, 6) is 7.80. The van der Waals surface area contributed by atoms with Crippen molar-refractivity contribution in [2.45, 2.75) is 115 Å². The van der Waals surface area contributed by atoms with Gasteiger partial charge in [-0.2, -0.15) is 0 Å². The van der Waals surface area contributed by atoms with Gasteiger partial charge in [-0.3, -0.25) is 4.90 Å². The SMILES string of the molecule is CC(C)(C)OC(=O)N1CCC[C@H]1c1ncc(-c2ccc3c4c2ccn4-c2ccc(-c4cnc(C5CCCC5)[nH]4)cc2O3)[nH]1.c1cc2c(cc1-c1cnc([C@@H]3CCCN3)[nH]1)Oc1ccc(-c3cnc([C@@H]4CCCN4)[nH]3)c3ccn-2c13. The zero-order valence-corrected chi connectivity index (χ0v) is 44.7. The summed E-state index contributed by atoms with van der Waals surface area (Å²) in [5.41, 5.74) is 11.9. The Balaban J connectivity index is 0.000000139. The molecule has 5 aliphatic heterocycles. The highest BCUT2D eigenvalue weighted by Gasteiger charge is 2.36. The number of fused-ring (bicyclic) bond motifs is 4. The van der Waals surface area contributed by atoms with Crippen LogP contribution in [0.5, 0.6) is 23.0 Å². The van der Waals surface area contributed by atoms with Crippen LogP contribution < -0.4 is 20.1 Å². The minimum atomic E-state index is -0.538. The quantitative estimate of drug-likeness (QED) is 0.0852. The Morgan fingerprint density at radius 2 is 1.05 bits per heavy atom. The molecule has 4 aromatic carbocycles. The molecule has 4 fully saturated rings. The second-order valence-corrected chi connectivity index (χ2v) is 23.0. The Morgan fingerprint density at radius 1 is 0.544 bits per heavy atom. The molecule has 0 radical (unpaired) electrons. The fraction of sp³-hybridized carbons (Fsp3) is 0.339. The van der Waals surface area contributed by atoms with E-state index in [-0.39, 0.29) is 12.1 Å². The summed E-state index contributed by atoms with van der Waals surface area (Å²) >= 11 is 0. The lowest BCUT2D eigenvalue weighted by molar-refractivity contribution is 0.0218. The molecule has 6 N–H and O–H groups in total. The highest BCUT2D eigenvalue weighted by atomic mass is 16.6. The first-order valence-corrected chi connectivity index (χ1v) is 28.2. The van der Waals surface area contributed by atoms with Crippen LogP contribution in [0.3, 0.4) is 0 Å². The lowest BCUT2D eigenvalue weighted by atomic mass is 10.1. The average Bonchev–Trinajstić information content (AvgIpc) is 4.38. The molecule has 400 valence electrons. The molecule has 11 heterocycles. The molecule has 79 heavy (non-hydrogen) atoms. The number of hydrogen-bond donors (Lipinski definition) is 6. The van der Waals surface area contributed by atoms with Gasteiger partial charge < -0.3 is 53.9 Å². The molecule has 6 aromatic heterocycles. The Bertz CT molecular complexity index is 3960. The number of amides is 1. The minimum absolute atomic E-state index is 0.129. The fourth-order valence-electron chi connectivity index (χ4n) is 12.9. The average molecular weight is 1050 g/mol. The van der Waals surface area contributed by atoms with Crippen molar-refractivity contribution in [1.29, 1.82) is 0 Å². The molecule has 10 aromatic rings. The van der Waals surface area contributed by atoms with E-state index in [9.17, 15) is 4.79 Å². The summed E-state index contributed by atoms with van der Waals surface area (Å²) in [6.45, 7) is 8.45. The molecular weight excluding hydrogens is 991 g/mol. The van der Waals surface area contributed by atoms with Gasteiger partial charge in [-0.05, 0) is 146 Å². The molecule has 0 unspecified atom stereocenters. The molecule has 17 heteroatoms. The first-order chi connectivity index (χ1) is 38.6. The standard InChI is InChI=1S/C34H36N6O3.C28H27N7O/c1-34(2,3)43-33(41)40-15-6-9-27(40)32-36-19-25(38-32)22-11-13-28-30-23(22)14-16-39(30)26-12-10-21(17-29(26)42-28)24-18-35-31(37-24)20-7-4-5-8-20;1-3-19(29-10-1)27-31-14-21(33-27)16-5-7-23-25(13-16)36-24-8-6-17(18-9-12-35(23)26(18)24)22-15-32-28(34-22)20-4-2-11-30-20/h10-14,16-20,27H,4-9,15H2,1-3H3,(H,35,37)(H,36,38);5-9,12-15,19-20,29-30H,1-4,10-11H2,(H,31,33)(H,32,34)/t27-;19-,20-/m00/s1. The predicted molar refractivity (Wildman–Crippen MR) is 303 cm³/mol. The van der Waals surface area contributed by atoms with Crippen molar-refractivity contribution in [3.05, 3.63) is 133 Å². The van der Waals surface area contributed by atoms with Crippen molar-refractivity contribution < 1.29 is 19.0 Å². The summed E-state index contributed by atoms with van der Waals surface area (Å²) in [5, 5.41) is 9.26. The van der Waals surface area contributed by atoms with Crippen LogP contribution in [0.2, 0.25) is 0 Å². The largest absolute Gasteiger partial charge is 0.453 e. The maximum absolute atomic E-state index is 12.9. The van der Waals surface area contributed by atoms with E-state index in [0.717, 1.165) is 163 Å². The molecule has 3 saturated heterocycles. The molecule has 0 bridgehead atoms. The Hall–Kier alpha value is -8.41. The van der Waals surface area contributed by atoms with Gasteiger partial charge in [0.25, 0.3) is 0 Å². The lowest BCUT2D eigenvalue weighted by Crippen LogP contribution is -2.36. The Kier molecular flexibility index (Phi) is 11.4. The second kappa shape index (κ2) is 18.9. The van der Waals surface area contributed by atoms with Crippen molar-refractivity contribution in [2.75, 3.05) is 19.6 Å². The van der Waals surface area contributed by atoms with Crippen LogP contribution in [0.4, 0.5) is 4.79 Å². The highest BCUT2D eigenvalue weighted by molar-refractivity contribution is 6.01. The number of nitrogens with one attached hydrogen (secondary N) is 6. The topological polar surface area (TPSA) is 197 Å². The molecule has 1 amide bonds. The summed E-state index contributed by atoms with van der Waals surface area (Å²) in [6.07, 6.45) is 23.0. The second-order valence-electron chi connectivity index (χ2n) is 23.0. The van der Waals surface area contributed by atoms with Crippen LogP contribution in [0.1, 0.15) is 132 Å². The van der Waals surface area contributed by atoms with E-state index in [4.69, 9.17) is 24.2 Å². The fourth-order valence-corrected chi connectivity index (χ4v) is 12.9. The highest BCUT2D eigenvalue weighted by Crippen LogP contribution is 2.48. The van der Waals surface area contributed by atoms with E-state index in [1.165, 1.54) is 38.5 Å². The number of aromatic nitrogens is 10. The minimum Gasteiger partial charge on any atom is -0.453 e. The van der Waals surface area contributed by atoms with E-state index in [1.54, 1.807) is 4.90 Å². The molecule has 1 aliphatic carbocycles. The van der Waals surface area contributed by atoms with Gasteiger partial charge in [0.15, 0.2) is 23.0 Å². The van der Waals surface area contributed by atoms with Gasteiger partial charge in [-0.25, -0.2) is 24.7 Å². The molecule has 3 atom stereocenters. The number of aromatic amines is 4. The maximum Gasteiger partial charge on any atom is 0.410 e. The molecule has 1 saturated carbocycles. The molecular formula is C62H63N13O4. The van der Waals surface area contributed by atoms with Gasteiger partial charge in [-0.1, -0.05) is 25.0 Å². The molecule has 16 rings (SSSR count). The van der Waals surface area contributed by atoms with E-state index < -0.39 is 5.60 Å². The first kappa shape index (κ1) is 47.8. The number of likely N-dealkylation sites (tertiary alicyclic amines) is 1. The van der Waals surface area contributed by atoms with Gasteiger partial charge >= 0.3 is 6.09 Å². The number of rotatable bonds is 8.